The quantitative estimate of drug-likeness (QED) is 0.678. The summed E-state index contributed by atoms with van der Waals surface area (Å²) in [5.41, 5.74) is 1.67. The highest BCUT2D eigenvalue weighted by Gasteiger charge is 2.15. The molecule has 0 bridgehead atoms. The van der Waals surface area contributed by atoms with E-state index in [2.05, 4.69) is 25.9 Å². The minimum absolute atomic E-state index is 0.234. The Kier molecular flexibility index (Phi) is 4.89. The molecule has 6 heteroatoms. The van der Waals surface area contributed by atoms with Gasteiger partial charge in [0, 0.05) is 5.56 Å². The second kappa shape index (κ2) is 6.29. The third-order valence-electron chi connectivity index (χ3n) is 2.79. The van der Waals surface area contributed by atoms with E-state index in [-0.39, 0.29) is 5.92 Å². The number of rotatable bonds is 3. The normalized spacial score (nSPS) is 10.9. The Morgan fingerprint density at radius 3 is 2.45 bits per heavy atom. The van der Waals surface area contributed by atoms with Crippen LogP contribution in [0.1, 0.15) is 25.5 Å². The molecule has 0 saturated carbocycles. The Morgan fingerprint density at radius 2 is 1.90 bits per heavy atom. The number of aromatic nitrogens is 2. The molecule has 3 nitrogen and oxygen atoms in total. The Hall–Kier alpha value is -0.840. The van der Waals surface area contributed by atoms with Crippen molar-refractivity contribution in [2.75, 3.05) is 7.11 Å². The van der Waals surface area contributed by atoms with Crippen molar-refractivity contribution >= 4 is 39.1 Å². The number of hydrogen-bond donors (Lipinski definition) is 0. The standard InChI is InChI=1S/C14H13BrCl2N2O/c1-7(2)12-11(15)13(17)19-14(18-12)8-4-5-10(20-3)9(16)6-8/h4-7H,1-3H3. The van der Waals surface area contributed by atoms with Crippen LogP contribution < -0.4 is 4.74 Å². The number of hydrogen-bond acceptors (Lipinski definition) is 3. The maximum Gasteiger partial charge on any atom is 0.161 e. The van der Waals surface area contributed by atoms with Crippen LogP contribution in [0.25, 0.3) is 11.4 Å². The molecule has 1 aromatic carbocycles. The van der Waals surface area contributed by atoms with Gasteiger partial charge in [0.2, 0.25) is 0 Å². The summed E-state index contributed by atoms with van der Waals surface area (Å²) in [6.07, 6.45) is 0. The van der Waals surface area contributed by atoms with E-state index in [9.17, 15) is 0 Å². The van der Waals surface area contributed by atoms with Crippen molar-refractivity contribution in [3.05, 3.63) is 38.5 Å². The maximum atomic E-state index is 6.16. The third kappa shape index (κ3) is 3.08. The molecule has 0 N–H and O–H groups in total. The number of ether oxygens (including phenoxy) is 1. The van der Waals surface area contributed by atoms with Crippen molar-refractivity contribution in [3.63, 3.8) is 0 Å². The van der Waals surface area contributed by atoms with Crippen LogP contribution in [0.15, 0.2) is 22.7 Å². The van der Waals surface area contributed by atoms with Crippen molar-refractivity contribution < 1.29 is 4.74 Å². The molecular weight excluding hydrogens is 363 g/mol. The first kappa shape index (κ1) is 15.5. The van der Waals surface area contributed by atoms with Gasteiger partial charge in [-0.05, 0) is 40.0 Å². The second-order valence-corrected chi connectivity index (χ2v) is 6.10. The molecule has 106 valence electrons. The molecule has 0 aliphatic heterocycles. The topological polar surface area (TPSA) is 35.0 Å². The zero-order valence-corrected chi connectivity index (χ0v) is 14.3. The van der Waals surface area contributed by atoms with E-state index >= 15 is 0 Å². The van der Waals surface area contributed by atoms with Gasteiger partial charge in [-0.3, -0.25) is 0 Å². The number of nitrogens with zero attached hydrogens (tertiary/aromatic N) is 2. The molecule has 20 heavy (non-hydrogen) atoms. The van der Waals surface area contributed by atoms with Gasteiger partial charge in [0.05, 0.1) is 22.3 Å². The molecule has 1 heterocycles. The fraction of sp³-hybridized carbons (Fsp3) is 0.286. The van der Waals surface area contributed by atoms with Gasteiger partial charge >= 0.3 is 0 Å². The van der Waals surface area contributed by atoms with Gasteiger partial charge < -0.3 is 4.74 Å². The summed E-state index contributed by atoms with van der Waals surface area (Å²) in [5.74, 6) is 1.39. The van der Waals surface area contributed by atoms with Crippen molar-refractivity contribution in [1.82, 2.24) is 9.97 Å². The van der Waals surface area contributed by atoms with Gasteiger partial charge in [0.15, 0.2) is 5.82 Å². The minimum Gasteiger partial charge on any atom is -0.495 e. The van der Waals surface area contributed by atoms with Gasteiger partial charge in [-0.15, -0.1) is 0 Å². The zero-order valence-electron chi connectivity index (χ0n) is 11.2. The molecule has 0 atom stereocenters. The average Bonchev–Trinajstić information content (AvgIpc) is 2.41. The molecule has 2 aromatic rings. The van der Waals surface area contributed by atoms with Crippen LogP contribution >= 0.6 is 39.1 Å². The number of methoxy groups -OCH3 is 1. The van der Waals surface area contributed by atoms with E-state index in [1.807, 2.05) is 19.9 Å². The molecule has 0 amide bonds. The van der Waals surface area contributed by atoms with Crippen LogP contribution in [0.4, 0.5) is 0 Å². The lowest BCUT2D eigenvalue weighted by Crippen LogP contribution is -2.00. The summed E-state index contributed by atoms with van der Waals surface area (Å²) in [4.78, 5) is 8.85. The van der Waals surface area contributed by atoms with Crippen molar-refractivity contribution in [3.8, 4) is 17.1 Å². The van der Waals surface area contributed by atoms with Crippen molar-refractivity contribution in [2.45, 2.75) is 19.8 Å². The monoisotopic (exact) mass is 374 g/mol. The van der Waals surface area contributed by atoms with E-state index < -0.39 is 0 Å². The van der Waals surface area contributed by atoms with Gasteiger partial charge in [0.25, 0.3) is 0 Å². The fourth-order valence-corrected chi connectivity index (χ4v) is 2.82. The van der Waals surface area contributed by atoms with Crippen LogP contribution in [-0.4, -0.2) is 17.1 Å². The largest absolute Gasteiger partial charge is 0.495 e. The first-order valence-corrected chi connectivity index (χ1v) is 7.55. The lowest BCUT2D eigenvalue weighted by molar-refractivity contribution is 0.415. The molecule has 0 aliphatic rings. The molecule has 0 aliphatic carbocycles. The zero-order chi connectivity index (χ0) is 14.9. The fourth-order valence-electron chi connectivity index (χ4n) is 1.75. The van der Waals surface area contributed by atoms with Gasteiger partial charge in [-0.25, -0.2) is 9.97 Å². The summed E-state index contributed by atoms with van der Waals surface area (Å²) in [7, 11) is 1.57. The summed E-state index contributed by atoms with van der Waals surface area (Å²) in [6, 6.07) is 5.41. The molecule has 0 fully saturated rings. The minimum atomic E-state index is 0.234. The lowest BCUT2D eigenvalue weighted by atomic mass is 10.1. The molecule has 2 rings (SSSR count). The van der Waals surface area contributed by atoms with Gasteiger partial charge in [0.1, 0.15) is 10.9 Å². The van der Waals surface area contributed by atoms with E-state index in [1.54, 1.807) is 19.2 Å². The smallest absolute Gasteiger partial charge is 0.161 e. The average molecular weight is 376 g/mol. The van der Waals surface area contributed by atoms with E-state index in [0.29, 0.717) is 21.7 Å². The summed E-state index contributed by atoms with van der Waals surface area (Å²) in [5, 5.41) is 0.907. The molecule has 1 aromatic heterocycles. The van der Waals surface area contributed by atoms with Crippen LogP contribution in [0.3, 0.4) is 0 Å². The lowest BCUT2D eigenvalue weighted by Gasteiger charge is -2.11. The Labute approximate surface area is 136 Å². The van der Waals surface area contributed by atoms with E-state index in [1.165, 1.54) is 0 Å². The Morgan fingerprint density at radius 1 is 1.20 bits per heavy atom. The first-order valence-electron chi connectivity index (χ1n) is 6.01. The SMILES string of the molecule is COc1ccc(-c2nc(Cl)c(Br)c(C(C)C)n2)cc1Cl. The molecule has 0 spiro atoms. The van der Waals surface area contributed by atoms with Gasteiger partial charge in [-0.1, -0.05) is 37.0 Å². The molecule has 0 saturated heterocycles. The first-order chi connectivity index (χ1) is 9.43. The van der Waals surface area contributed by atoms with Crippen molar-refractivity contribution in [1.29, 1.82) is 0 Å². The third-order valence-corrected chi connectivity index (χ3v) is 4.37. The number of halogens is 3. The molecule has 0 radical (unpaired) electrons. The summed E-state index contributed by atoms with van der Waals surface area (Å²) < 4.78 is 5.87. The predicted molar refractivity (Wildman–Crippen MR) is 85.8 cm³/mol. The Bertz CT molecular complexity index is 647. The predicted octanol–water partition coefficient (Wildman–Crippen LogP) is 5.34. The number of benzene rings is 1. The van der Waals surface area contributed by atoms with Crippen LogP contribution in [0, 0.1) is 0 Å². The Balaban J connectivity index is 2.55. The molecule has 0 unspecified atom stereocenters. The summed E-state index contributed by atoms with van der Waals surface area (Å²) in [6.45, 7) is 4.10. The van der Waals surface area contributed by atoms with E-state index in [4.69, 9.17) is 27.9 Å². The van der Waals surface area contributed by atoms with Crippen LogP contribution in [-0.2, 0) is 0 Å². The second-order valence-electron chi connectivity index (χ2n) is 4.54. The summed E-state index contributed by atoms with van der Waals surface area (Å²) >= 11 is 15.7. The molecular formula is C14H13BrCl2N2O. The van der Waals surface area contributed by atoms with Gasteiger partial charge in [-0.2, -0.15) is 0 Å². The van der Waals surface area contributed by atoms with E-state index in [0.717, 1.165) is 15.7 Å². The van der Waals surface area contributed by atoms with Crippen LogP contribution in [0.5, 0.6) is 5.75 Å². The van der Waals surface area contributed by atoms with Crippen LogP contribution in [0.2, 0.25) is 10.2 Å². The highest BCUT2D eigenvalue weighted by atomic mass is 79.9. The van der Waals surface area contributed by atoms with Crippen molar-refractivity contribution in [2.24, 2.45) is 0 Å². The highest BCUT2D eigenvalue weighted by molar-refractivity contribution is 9.10. The highest BCUT2D eigenvalue weighted by Crippen LogP contribution is 2.33. The maximum absolute atomic E-state index is 6.16.